The van der Waals surface area contributed by atoms with E-state index in [2.05, 4.69) is 17.2 Å². The lowest BCUT2D eigenvalue weighted by Gasteiger charge is -2.12. The molecule has 0 fully saturated rings. The second kappa shape index (κ2) is 8.60. The third kappa shape index (κ3) is 5.62. The number of hydrogen-bond donors (Lipinski definition) is 2. The molecule has 0 radical (unpaired) electrons. The van der Waals surface area contributed by atoms with Crippen molar-refractivity contribution in [3.8, 4) is 11.8 Å². The van der Waals surface area contributed by atoms with Crippen LogP contribution in [-0.4, -0.2) is 31.3 Å². The summed E-state index contributed by atoms with van der Waals surface area (Å²) in [5.74, 6) is 5.34. The summed E-state index contributed by atoms with van der Waals surface area (Å²) < 4.78 is 5.00. The number of methoxy groups -OCH3 is 1. The molecule has 0 aliphatic carbocycles. The first-order valence-corrected chi connectivity index (χ1v) is 6.62. The van der Waals surface area contributed by atoms with Crippen molar-refractivity contribution in [3.05, 3.63) is 28.8 Å². The molecule has 1 aromatic carbocycles. The predicted molar refractivity (Wildman–Crippen MR) is 79.7 cm³/mol. The van der Waals surface area contributed by atoms with Gasteiger partial charge in [-0.3, -0.25) is 4.79 Å². The summed E-state index contributed by atoms with van der Waals surface area (Å²) in [7, 11) is 1.61. The smallest absolute Gasteiger partial charge is 0.224 e. The standard InChI is InChI=1S/C15H18ClNO3/c1-11(10-20-2)8-15(19)17-14-9-13(16)6-5-12(14)4-3-7-18/h5-6,9,11,18H,7-8,10H2,1-2H3,(H,17,19). The molecule has 4 nitrogen and oxygen atoms in total. The number of nitrogens with one attached hydrogen (secondary N) is 1. The van der Waals surface area contributed by atoms with E-state index in [0.29, 0.717) is 29.3 Å². The molecular weight excluding hydrogens is 278 g/mol. The summed E-state index contributed by atoms with van der Waals surface area (Å²) >= 11 is 5.92. The highest BCUT2D eigenvalue weighted by molar-refractivity contribution is 6.31. The monoisotopic (exact) mass is 295 g/mol. The Labute approximate surface area is 124 Å². The molecule has 0 aliphatic heterocycles. The summed E-state index contributed by atoms with van der Waals surface area (Å²) in [6.45, 7) is 2.23. The lowest BCUT2D eigenvalue weighted by atomic mass is 10.1. The summed E-state index contributed by atoms with van der Waals surface area (Å²) in [5.41, 5.74) is 1.17. The Kier molecular flexibility index (Phi) is 7.10. The first-order chi connectivity index (χ1) is 9.56. The highest BCUT2D eigenvalue weighted by Gasteiger charge is 2.11. The number of rotatable bonds is 5. The number of carbonyl (C=O) groups excluding carboxylic acids is 1. The molecule has 0 saturated carbocycles. The van der Waals surface area contributed by atoms with Crippen LogP contribution < -0.4 is 5.32 Å². The van der Waals surface area contributed by atoms with Crippen LogP contribution in [0.1, 0.15) is 18.9 Å². The minimum Gasteiger partial charge on any atom is -0.384 e. The van der Waals surface area contributed by atoms with Crippen molar-refractivity contribution in [2.75, 3.05) is 25.6 Å². The fourth-order valence-electron chi connectivity index (χ4n) is 1.72. The maximum Gasteiger partial charge on any atom is 0.224 e. The summed E-state index contributed by atoms with van der Waals surface area (Å²) in [6, 6.07) is 5.03. The largest absolute Gasteiger partial charge is 0.384 e. The van der Waals surface area contributed by atoms with Crippen LogP contribution in [0.15, 0.2) is 18.2 Å². The van der Waals surface area contributed by atoms with E-state index in [0.717, 1.165) is 0 Å². The maximum absolute atomic E-state index is 11.9. The quantitative estimate of drug-likeness (QED) is 0.820. The van der Waals surface area contributed by atoms with Crippen LogP contribution in [0.5, 0.6) is 0 Å². The highest BCUT2D eigenvalue weighted by atomic mass is 35.5. The maximum atomic E-state index is 11.9. The van der Waals surface area contributed by atoms with E-state index in [1.165, 1.54) is 0 Å². The Balaban J connectivity index is 2.79. The van der Waals surface area contributed by atoms with Crippen LogP contribution in [0.4, 0.5) is 5.69 Å². The van der Waals surface area contributed by atoms with Crippen molar-refractivity contribution >= 4 is 23.2 Å². The fraction of sp³-hybridized carbons (Fsp3) is 0.400. The topological polar surface area (TPSA) is 58.6 Å². The number of halogens is 1. The first-order valence-electron chi connectivity index (χ1n) is 6.25. The molecule has 0 spiro atoms. The van der Waals surface area contributed by atoms with E-state index in [1.807, 2.05) is 6.92 Å². The van der Waals surface area contributed by atoms with Gasteiger partial charge >= 0.3 is 0 Å². The average molecular weight is 296 g/mol. The van der Waals surface area contributed by atoms with Gasteiger partial charge in [0.05, 0.1) is 5.69 Å². The molecule has 1 unspecified atom stereocenters. The summed E-state index contributed by atoms with van der Waals surface area (Å²) in [5, 5.41) is 12.0. The van der Waals surface area contributed by atoms with Crippen LogP contribution in [-0.2, 0) is 9.53 Å². The van der Waals surface area contributed by atoms with Gasteiger partial charge in [0, 0.05) is 30.7 Å². The Bertz CT molecular complexity index is 520. The second-order valence-corrected chi connectivity index (χ2v) is 4.90. The number of anilines is 1. The minimum atomic E-state index is -0.235. The van der Waals surface area contributed by atoms with Crippen molar-refractivity contribution in [1.82, 2.24) is 0 Å². The lowest BCUT2D eigenvalue weighted by molar-refractivity contribution is -0.117. The number of benzene rings is 1. The fourth-order valence-corrected chi connectivity index (χ4v) is 1.90. The van der Waals surface area contributed by atoms with Crippen molar-refractivity contribution in [3.63, 3.8) is 0 Å². The molecule has 0 saturated heterocycles. The summed E-state index contributed by atoms with van der Waals surface area (Å²) in [6.07, 6.45) is 0.354. The molecule has 1 aromatic rings. The predicted octanol–water partition coefficient (Wildman–Crippen LogP) is 2.29. The molecule has 1 rings (SSSR count). The Morgan fingerprint density at radius 2 is 2.30 bits per heavy atom. The Morgan fingerprint density at radius 1 is 1.55 bits per heavy atom. The van der Waals surface area contributed by atoms with Gasteiger partial charge < -0.3 is 15.2 Å². The Morgan fingerprint density at radius 3 is 2.95 bits per heavy atom. The van der Waals surface area contributed by atoms with Gasteiger partial charge in [-0.15, -0.1) is 0 Å². The third-order valence-corrected chi connectivity index (χ3v) is 2.78. The van der Waals surface area contributed by atoms with Crippen LogP contribution in [0, 0.1) is 17.8 Å². The van der Waals surface area contributed by atoms with Crippen LogP contribution in [0.2, 0.25) is 5.02 Å². The van der Waals surface area contributed by atoms with Gasteiger partial charge in [-0.25, -0.2) is 0 Å². The molecule has 20 heavy (non-hydrogen) atoms. The molecule has 5 heteroatoms. The molecule has 2 N–H and O–H groups in total. The lowest BCUT2D eigenvalue weighted by Crippen LogP contribution is -2.18. The van der Waals surface area contributed by atoms with Crippen LogP contribution >= 0.6 is 11.6 Å². The van der Waals surface area contributed by atoms with Crippen molar-refractivity contribution in [2.24, 2.45) is 5.92 Å². The van der Waals surface area contributed by atoms with Crippen LogP contribution in [0.3, 0.4) is 0 Å². The average Bonchev–Trinajstić information content (AvgIpc) is 2.37. The molecule has 0 aromatic heterocycles. The molecule has 0 aliphatic rings. The van der Waals surface area contributed by atoms with E-state index in [1.54, 1.807) is 25.3 Å². The molecule has 0 bridgehead atoms. The zero-order chi connectivity index (χ0) is 15.0. The van der Waals surface area contributed by atoms with Crippen LogP contribution in [0.25, 0.3) is 0 Å². The van der Waals surface area contributed by atoms with Gasteiger partial charge in [0.25, 0.3) is 0 Å². The number of aliphatic hydroxyl groups excluding tert-OH is 1. The normalized spacial score (nSPS) is 11.4. The molecule has 0 heterocycles. The molecule has 1 atom stereocenters. The van der Waals surface area contributed by atoms with Gasteiger partial charge in [0.2, 0.25) is 5.91 Å². The Hall–Kier alpha value is -1.54. The number of hydrogen-bond acceptors (Lipinski definition) is 3. The van der Waals surface area contributed by atoms with Gasteiger partial charge in [-0.05, 0) is 24.1 Å². The van der Waals surface area contributed by atoms with E-state index >= 15 is 0 Å². The first kappa shape index (κ1) is 16.5. The van der Waals surface area contributed by atoms with Gasteiger partial charge in [-0.2, -0.15) is 0 Å². The van der Waals surface area contributed by atoms with E-state index in [-0.39, 0.29) is 18.4 Å². The number of amides is 1. The SMILES string of the molecule is COCC(C)CC(=O)Nc1cc(Cl)ccc1C#CCO. The molecule has 1 amide bonds. The van der Waals surface area contributed by atoms with Gasteiger partial charge in [-0.1, -0.05) is 30.4 Å². The number of ether oxygens (including phenoxy) is 1. The summed E-state index contributed by atoms with van der Waals surface area (Å²) in [4.78, 5) is 11.9. The zero-order valence-corrected chi connectivity index (χ0v) is 12.3. The zero-order valence-electron chi connectivity index (χ0n) is 11.6. The third-order valence-electron chi connectivity index (χ3n) is 2.54. The minimum absolute atomic E-state index is 0.121. The van der Waals surface area contributed by atoms with E-state index in [9.17, 15) is 4.79 Å². The van der Waals surface area contributed by atoms with E-state index in [4.69, 9.17) is 21.4 Å². The van der Waals surface area contributed by atoms with Crippen molar-refractivity contribution in [1.29, 1.82) is 0 Å². The molecule has 108 valence electrons. The van der Waals surface area contributed by atoms with Gasteiger partial charge in [0.15, 0.2) is 0 Å². The number of carbonyl (C=O) groups is 1. The van der Waals surface area contributed by atoms with Gasteiger partial charge in [0.1, 0.15) is 6.61 Å². The van der Waals surface area contributed by atoms with Crippen molar-refractivity contribution < 1.29 is 14.6 Å². The van der Waals surface area contributed by atoms with Crippen molar-refractivity contribution in [2.45, 2.75) is 13.3 Å². The second-order valence-electron chi connectivity index (χ2n) is 4.46. The number of aliphatic hydroxyl groups is 1. The molecular formula is C15H18ClNO3. The van der Waals surface area contributed by atoms with E-state index < -0.39 is 0 Å². The highest BCUT2D eigenvalue weighted by Crippen LogP contribution is 2.21.